The second-order valence-corrected chi connectivity index (χ2v) is 9.13. The Morgan fingerprint density at radius 3 is 2.41 bits per heavy atom. The van der Waals surface area contributed by atoms with Gasteiger partial charge in [-0.2, -0.15) is 5.10 Å². The molecule has 4 rings (SSSR count). The van der Waals surface area contributed by atoms with Crippen LogP contribution in [-0.4, -0.2) is 31.9 Å². The third-order valence-corrected chi connectivity index (χ3v) is 6.56. The Kier molecular flexibility index (Phi) is 6.95. The van der Waals surface area contributed by atoms with E-state index < -0.39 is 15.8 Å². The molecule has 0 atom stereocenters. The van der Waals surface area contributed by atoms with Crippen LogP contribution < -0.4 is 14.2 Å². The van der Waals surface area contributed by atoms with E-state index in [9.17, 15) is 12.8 Å². The van der Waals surface area contributed by atoms with Crippen LogP contribution in [0.5, 0.6) is 11.5 Å². The van der Waals surface area contributed by atoms with E-state index in [1.807, 2.05) is 30.3 Å². The molecule has 9 heteroatoms. The van der Waals surface area contributed by atoms with E-state index >= 15 is 0 Å². The SMILES string of the molecule is CCOc1ccc(-c2nn(-c3ccccc3)cc2CNS(=O)(=O)c2ccc(OC)cc2)cc1F. The molecule has 0 saturated heterocycles. The van der Waals surface area contributed by atoms with Gasteiger partial charge in [-0.3, -0.25) is 0 Å². The van der Waals surface area contributed by atoms with Crippen LogP contribution in [0.2, 0.25) is 0 Å². The first-order valence-electron chi connectivity index (χ1n) is 10.6. The predicted octanol–water partition coefficient (Wildman–Crippen LogP) is 4.56. The van der Waals surface area contributed by atoms with Crippen LogP contribution in [-0.2, 0) is 16.6 Å². The quantitative estimate of drug-likeness (QED) is 0.379. The molecule has 0 amide bonds. The summed E-state index contributed by atoms with van der Waals surface area (Å²) in [5.74, 6) is 0.191. The fraction of sp³-hybridized carbons (Fsp3) is 0.160. The molecule has 176 valence electrons. The predicted molar refractivity (Wildman–Crippen MR) is 127 cm³/mol. The third-order valence-electron chi connectivity index (χ3n) is 5.14. The Morgan fingerprint density at radius 1 is 1.03 bits per heavy atom. The van der Waals surface area contributed by atoms with E-state index in [0.717, 1.165) is 5.69 Å². The van der Waals surface area contributed by atoms with Crippen molar-refractivity contribution in [1.29, 1.82) is 0 Å². The van der Waals surface area contributed by atoms with Crippen molar-refractivity contribution in [1.82, 2.24) is 14.5 Å². The topological polar surface area (TPSA) is 82.5 Å². The van der Waals surface area contributed by atoms with Gasteiger partial charge in [-0.25, -0.2) is 22.2 Å². The highest BCUT2D eigenvalue weighted by Gasteiger charge is 2.19. The molecule has 0 fully saturated rings. The molecule has 4 aromatic rings. The van der Waals surface area contributed by atoms with Gasteiger partial charge >= 0.3 is 0 Å². The first-order chi connectivity index (χ1) is 16.4. The van der Waals surface area contributed by atoms with Gasteiger partial charge in [-0.05, 0) is 61.5 Å². The van der Waals surface area contributed by atoms with Crippen LogP contribution >= 0.6 is 0 Å². The number of nitrogens with zero attached hydrogens (tertiary/aromatic N) is 2. The molecule has 1 aromatic heterocycles. The van der Waals surface area contributed by atoms with Crippen molar-refractivity contribution < 1.29 is 22.3 Å². The lowest BCUT2D eigenvalue weighted by atomic mass is 10.1. The molecule has 0 unspecified atom stereocenters. The van der Waals surface area contributed by atoms with Gasteiger partial charge in [-0.15, -0.1) is 0 Å². The summed E-state index contributed by atoms with van der Waals surface area (Å²) in [6.07, 6.45) is 1.73. The molecule has 7 nitrogen and oxygen atoms in total. The summed E-state index contributed by atoms with van der Waals surface area (Å²) in [7, 11) is -2.29. The Bertz CT molecular complexity index is 1370. The van der Waals surface area contributed by atoms with Gasteiger partial charge in [0.25, 0.3) is 0 Å². The summed E-state index contributed by atoms with van der Waals surface area (Å²) in [6, 6.07) is 20.1. The van der Waals surface area contributed by atoms with Crippen molar-refractivity contribution in [3.8, 4) is 28.4 Å². The molecule has 0 saturated carbocycles. The van der Waals surface area contributed by atoms with E-state index in [1.165, 1.54) is 25.3 Å². The summed E-state index contributed by atoms with van der Waals surface area (Å²) >= 11 is 0. The van der Waals surface area contributed by atoms with Gasteiger partial charge in [0.05, 0.1) is 30.0 Å². The zero-order chi connectivity index (χ0) is 24.1. The van der Waals surface area contributed by atoms with Gasteiger partial charge in [0.2, 0.25) is 10.0 Å². The number of para-hydroxylation sites is 1. The van der Waals surface area contributed by atoms with E-state index in [4.69, 9.17) is 9.47 Å². The van der Waals surface area contributed by atoms with Crippen molar-refractivity contribution in [3.05, 3.63) is 90.4 Å². The number of halogens is 1. The summed E-state index contributed by atoms with van der Waals surface area (Å²) in [4.78, 5) is 0.109. The number of benzene rings is 3. The average molecular weight is 482 g/mol. The fourth-order valence-electron chi connectivity index (χ4n) is 3.43. The van der Waals surface area contributed by atoms with Crippen LogP contribution in [0, 0.1) is 5.82 Å². The summed E-state index contributed by atoms with van der Waals surface area (Å²) in [5, 5.41) is 4.62. The van der Waals surface area contributed by atoms with Crippen LogP contribution in [0.1, 0.15) is 12.5 Å². The van der Waals surface area contributed by atoms with E-state index in [-0.39, 0.29) is 17.2 Å². The molecule has 0 aliphatic rings. The number of hydrogen-bond donors (Lipinski definition) is 1. The molecule has 0 aliphatic heterocycles. The zero-order valence-corrected chi connectivity index (χ0v) is 19.5. The molecule has 0 aliphatic carbocycles. The normalized spacial score (nSPS) is 11.4. The molecule has 1 heterocycles. The highest BCUT2D eigenvalue weighted by molar-refractivity contribution is 7.89. The van der Waals surface area contributed by atoms with Gasteiger partial charge < -0.3 is 9.47 Å². The van der Waals surface area contributed by atoms with Gasteiger partial charge in [0.1, 0.15) is 5.75 Å². The minimum absolute atomic E-state index is 0.0363. The minimum atomic E-state index is -3.80. The molecular formula is C25H24FN3O4S. The van der Waals surface area contributed by atoms with Crippen molar-refractivity contribution in [3.63, 3.8) is 0 Å². The lowest BCUT2D eigenvalue weighted by Crippen LogP contribution is -2.23. The van der Waals surface area contributed by atoms with Crippen molar-refractivity contribution in [2.45, 2.75) is 18.4 Å². The smallest absolute Gasteiger partial charge is 0.240 e. The minimum Gasteiger partial charge on any atom is -0.497 e. The molecule has 0 radical (unpaired) electrons. The molecule has 0 spiro atoms. The number of nitrogens with one attached hydrogen (secondary N) is 1. The van der Waals surface area contributed by atoms with Crippen molar-refractivity contribution in [2.24, 2.45) is 0 Å². The number of sulfonamides is 1. The lowest BCUT2D eigenvalue weighted by Gasteiger charge is -2.09. The second kappa shape index (κ2) is 10.1. The lowest BCUT2D eigenvalue weighted by molar-refractivity contribution is 0.321. The van der Waals surface area contributed by atoms with Crippen molar-refractivity contribution >= 4 is 10.0 Å². The molecular weight excluding hydrogens is 457 g/mol. The number of ether oxygens (including phenoxy) is 2. The Hall–Kier alpha value is -3.69. The summed E-state index contributed by atoms with van der Waals surface area (Å²) in [5.41, 5.74) is 2.35. The van der Waals surface area contributed by atoms with E-state index in [2.05, 4.69) is 9.82 Å². The van der Waals surface area contributed by atoms with Crippen LogP contribution in [0.25, 0.3) is 16.9 Å². The first-order valence-corrected chi connectivity index (χ1v) is 12.1. The Labute approximate surface area is 197 Å². The fourth-order valence-corrected chi connectivity index (χ4v) is 4.43. The van der Waals surface area contributed by atoms with Crippen LogP contribution in [0.15, 0.2) is 83.9 Å². The molecule has 34 heavy (non-hydrogen) atoms. The van der Waals surface area contributed by atoms with Gasteiger partial charge in [-0.1, -0.05) is 18.2 Å². The number of aromatic nitrogens is 2. The second-order valence-electron chi connectivity index (χ2n) is 7.36. The maximum Gasteiger partial charge on any atom is 0.240 e. The van der Waals surface area contributed by atoms with Crippen molar-refractivity contribution in [2.75, 3.05) is 13.7 Å². The highest BCUT2D eigenvalue weighted by Crippen LogP contribution is 2.28. The molecule has 0 bridgehead atoms. The number of rotatable bonds is 9. The first kappa shape index (κ1) is 23.5. The molecule has 1 N–H and O–H groups in total. The van der Waals surface area contributed by atoms with Crippen LogP contribution in [0.3, 0.4) is 0 Å². The van der Waals surface area contributed by atoms with E-state index in [0.29, 0.717) is 29.2 Å². The highest BCUT2D eigenvalue weighted by atomic mass is 32.2. The maximum absolute atomic E-state index is 14.6. The Balaban J connectivity index is 1.68. The average Bonchev–Trinajstić information content (AvgIpc) is 3.29. The monoisotopic (exact) mass is 481 g/mol. The number of methoxy groups -OCH3 is 1. The standard InChI is InChI=1S/C25H24FN3O4S/c1-3-33-24-14-9-18(15-23(24)26)25-19(17-29(28-25)20-7-5-4-6-8-20)16-27-34(30,31)22-12-10-21(32-2)11-13-22/h4-15,17,27H,3,16H2,1-2H3. The Morgan fingerprint density at radius 2 is 1.76 bits per heavy atom. The largest absolute Gasteiger partial charge is 0.497 e. The van der Waals surface area contributed by atoms with E-state index in [1.54, 1.807) is 42.1 Å². The molecule has 3 aromatic carbocycles. The van der Waals surface area contributed by atoms with Crippen LogP contribution in [0.4, 0.5) is 4.39 Å². The zero-order valence-electron chi connectivity index (χ0n) is 18.7. The van der Waals surface area contributed by atoms with Gasteiger partial charge in [0.15, 0.2) is 11.6 Å². The number of hydrogen-bond acceptors (Lipinski definition) is 5. The summed E-state index contributed by atoms with van der Waals surface area (Å²) < 4.78 is 54.9. The maximum atomic E-state index is 14.6. The summed E-state index contributed by atoms with van der Waals surface area (Å²) in [6.45, 7) is 2.09. The van der Waals surface area contributed by atoms with Gasteiger partial charge in [0, 0.05) is 23.9 Å². The third kappa shape index (κ3) is 5.11.